The summed E-state index contributed by atoms with van der Waals surface area (Å²) < 4.78 is 11.7. The van der Waals surface area contributed by atoms with Crippen LogP contribution in [0, 0.1) is 23.7 Å². The highest BCUT2D eigenvalue weighted by atomic mass is 17.2. The largest absolute Gasteiger partial charge is 0.368 e. The Kier molecular flexibility index (Phi) is 2.81. The van der Waals surface area contributed by atoms with Crippen LogP contribution in [0.5, 0.6) is 0 Å². The molecule has 0 amide bonds. The number of aliphatic hydroxyl groups is 1. The molecule has 0 aromatic heterocycles. The van der Waals surface area contributed by atoms with E-state index in [1.807, 2.05) is 13.8 Å². The molecule has 2 bridgehead atoms. The first-order valence-corrected chi connectivity index (χ1v) is 7.78. The second kappa shape index (κ2) is 4.17. The van der Waals surface area contributed by atoms with E-state index in [4.69, 9.17) is 19.2 Å². The standard InChI is InChI=1S/C15H24O5/c1-8-4-5-10-9(2)12(16)18-13-15(10)11(8)6-14(3,7-17-13)19-20-15/h8-13,16H,4-7H2,1-3H3/t8-,9-,10+,11+,12-,13+,14+,15+/m1/s1. The summed E-state index contributed by atoms with van der Waals surface area (Å²) in [5, 5.41) is 10.2. The summed E-state index contributed by atoms with van der Waals surface area (Å²) >= 11 is 0. The summed E-state index contributed by atoms with van der Waals surface area (Å²) in [5.41, 5.74) is -0.951. The van der Waals surface area contributed by atoms with Crippen LogP contribution in [0.25, 0.3) is 0 Å². The van der Waals surface area contributed by atoms with Crippen LogP contribution >= 0.6 is 0 Å². The van der Waals surface area contributed by atoms with E-state index in [9.17, 15) is 5.11 Å². The molecule has 5 heteroatoms. The predicted octanol–water partition coefficient (Wildman–Crippen LogP) is 1.84. The van der Waals surface area contributed by atoms with E-state index >= 15 is 0 Å². The molecule has 4 aliphatic heterocycles. The fourth-order valence-electron chi connectivity index (χ4n) is 4.87. The van der Waals surface area contributed by atoms with Crippen LogP contribution in [0.3, 0.4) is 0 Å². The molecule has 1 aliphatic carbocycles. The van der Waals surface area contributed by atoms with Gasteiger partial charge in [-0.3, -0.25) is 0 Å². The summed E-state index contributed by atoms with van der Waals surface area (Å²) in [6.45, 7) is 6.81. The van der Waals surface area contributed by atoms with Gasteiger partial charge in [0.05, 0.1) is 6.61 Å². The summed E-state index contributed by atoms with van der Waals surface area (Å²) in [5.74, 6) is 1.18. The molecule has 4 heterocycles. The van der Waals surface area contributed by atoms with Crippen molar-refractivity contribution < 1.29 is 24.4 Å². The maximum absolute atomic E-state index is 10.2. The average molecular weight is 284 g/mol. The number of fused-ring (bicyclic) bond motifs is 2. The van der Waals surface area contributed by atoms with Gasteiger partial charge in [-0.15, -0.1) is 0 Å². The van der Waals surface area contributed by atoms with Gasteiger partial charge in [0.25, 0.3) is 0 Å². The highest BCUT2D eigenvalue weighted by Gasteiger charge is 2.69. The van der Waals surface area contributed by atoms with E-state index in [2.05, 4.69) is 6.92 Å². The van der Waals surface area contributed by atoms with Gasteiger partial charge in [-0.2, -0.15) is 0 Å². The minimum absolute atomic E-state index is 0.0379. The molecular weight excluding hydrogens is 260 g/mol. The van der Waals surface area contributed by atoms with Gasteiger partial charge in [-0.25, -0.2) is 9.78 Å². The Labute approximate surface area is 119 Å². The second-order valence-corrected chi connectivity index (χ2v) is 7.47. The van der Waals surface area contributed by atoms with Gasteiger partial charge in [0.1, 0.15) is 5.60 Å². The summed E-state index contributed by atoms with van der Waals surface area (Å²) in [6.07, 6.45) is 1.83. The fourth-order valence-corrected chi connectivity index (χ4v) is 4.87. The SMILES string of the molecule is C[C@H]1[C@H](O)O[C@@H]2OC[C@]3(C)C[C@H]4[C@H](C)CC[C@@H]1[C@@]24OO3. The first-order chi connectivity index (χ1) is 9.46. The second-order valence-electron chi connectivity index (χ2n) is 7.47. The van der Waals surface area contributed by atoms with Crippen LogP contribution in [-0.4, -0.2) is 35.5 Å². The smallest absolute Gasteiger partial charge is 0.193 e. The van der Waals surface area contributed by atoms with E-state index in [0.717, 1.165) is 12.8 Å². The van der Waals surface area contributed by atoms with Gasteiger partial charge >= 0.3 is 0 Å². The monoisotopic (exact) mass is 284 g/mol. The van der Waals surface area contributed by atoms with Gasteiger partial charge in [0.15, 0.2) is 18.2 Å². The lowest BCUT2D eigenvalue weighted by molar-refractivity contribution is -0.494. The van der Waals surface area contributed by atoms with Crippen molar-refractivity contribution in [3.05, 3.63) is 0 Å². The lowest BCUT2D eigenvalue weighted by Crippen LogP contribution is -2.69. The molecule has 5 rings (SSSR count). The van der Waals surface area contributed by atoms with Gasteiger partial charge < -0.3 is 14.6 Å². The third-order valence-electron chi connectivity index (χ3n) is 6.07. The lowest BCUT2D eigenvalue weighted by Gasteiger charge is -2.59. The summed E-state index contributed by atoms with van der Waals surface area (Å²) in [7, 11) is 0. The van der Waals surface area contributed by atoms with E-state index < -0.39 is 23.8 Å². The van der Waals surface area contributed by atoms with E-state index in [1.54, 1.807) is 0 Å². The van der Waals surface area contributed by atoms with Crippen molar-refractivity contribution in [2.75, 3.05) is 6.61 Å². The maximum atomic E-state index is 10.2. The highest BCUT2D eigenvalue weighted by Crippen LogP contribution is 2.59. The average Bonchev–Trinajstić information content (AvgIpc) is 2.63. The molecular formula is C15H24O5. The Morgan fingerprint density at radius 3 is 2.70 bits per heavy atom. The van der Waals surface area contributed by atoms with Gasteiger partial charge in [0.2, 0.25) is 0 Å². The zero-order valence-corrected chi connectivity index (χ0v) is 12.4. The lowest BCUT2D eigenvalue weighted by atomic mass is 9.57. The van der Waals surface area contributed by atoms with Crippen LogP contribution in [0.1, 0.15) is 40.0 Å². The molecule has 114 valence electrons. The normalized spacial score (nSPS) is 61.8. The quantitative estimate of drug-likeness (QED) is 0.688. The topological polar surface area (TPSA) is 57.2 Å². The molecule has 1 N–H and O–H groups in total. The Morgan fingerprint density at radius 2 is 1.90 bits per heavy atom. The van der Waals surface area contributed by atoms with Gasteiger partial charge in [-0.05, 0) is 32.1 Å². The van der Waals surface area contributed by atoms with Crippen LogP contribution in [0.2, 0.25) is 0 Å². The molecule has 5 fully saturated rings. The molecule has 0 radical (unpaired) electrons. The van der Waals surface area contributed by atoms with Crippen molar-refractivity contribution in [1.29, 1.82) is 0 Å². The third kappa shape index (κ3) is 1.56. The van der Waals surface area contributed by atoms with Gasteiger partial charge in [-0.1, -0.05) is 13.8 Å². The van der Waals surface area contributed by atoms with Crippen molar-refractivity contribution >= 4 is 0 Å². The van der Waals surface area contributed by atoms with Crippen LogP contribution in [0.15, 0.2) is 0 Å². The highest BCUT2D eigenvalue weighted by molar-refractivity contribution is 5.10. The molecule has 0 aromatic rings. The van der Waals surface area contributed by atoms with Crippen molar-refractivity contribution in [2.24, 2.45) is 23.7 Å². The fraction of sp³-hybridized carbons (Fsp3) is 1.00. The number of hydrogen-bond donors (Lipinski definition) is 1. The molecule has 5 nitrogen and oxygen atoms in total. The minimum Gasteiger partial charge on any atom is -0.368 e. The summed E-state index contributed by atoms with van der Waals surface area (Å²) in [6, 6.07) is 0. The van der Waals surface area contributed by atoms with Gasteiger partial charge in [0, 0.05) is 17.8 Å². The zero-order chi connectivity index (χ0) is 14.1. The molecule has 5 aliphatic rings. The zero-order valence-electron chi connectivity index (χ0n) is 12.4. The van der Waals surface area contributed by atoms with Crippen molar-refractivity contribution in [3.8, 4) is 0 Å². The summed E-state index contributed by atoms with van der Waals surface area (Å²) in [4.78, 5) is 11.7. The molecule has 1 saturated carbocycles. The molecule has 0 unspecified atom stereocenters. The predicted molar refractivity (Wildman–Crippen MR) is 69.3 cm³/mol. The molecule has 1 spiro atoms. The Bertz CT molecular complexity index is 415. The Morgan fingerprint density at radius 1 is 1.10 bits per heavy atom. The number of rotatable bonds is 0. The van der Waals surface area contributed by atoms with E-state index in [0.29, 0.717) is 18.4 Å². The van der Waals surface area contributed by atoms with Crippen LogP contribution in [0.4, 0.5) is 0 Å². The number of aliphatic hydroxyl groups excluding tert-OH is 1. The van der Waals surface area contributed by atoms with Crippen LogP contribution in [-0.2, 0) is 19.2 Å². The number of ether oxygens (including phenoxy) is 2. The molecule has 8 atom stereocenters. The Hall–Kier alpha value is -0.200. The van der Waals surface area contributed by atoms with E-state index in [-0.39, 0.29) is 11.8 Å². The number of hydrogen-bond acceptors (Lipinski definition) is 5. The molecule has 0 aromatic carbocycles. The first kappa shape index (κ1) is 13.5. The maximum Gasteiger partial charge on any atom is 0.193 e. The van der Waals surface area contributed by atoms with Crippen LogP contribution < -0.4 is 0 Å². The Balaban J connectivity index is 1.82. The molecule has 20 heavy (non-hydrogen) atoms. The molecule has 4 saturated heterocycles. The first-order valence-electron chi connectivity index (χ1n) is 7.78. The van der Waals surface area contributed by atoms with Crippen molar-refractivity contribution in [2.45, 2.75) is 63.8 Å². The third-order valence-corrected chi connectivity index (χ3v) is 6.07. The minimum atomic E-state index is -0.779. The van der Waals surface area contributed by atoms with Crippen molar-refractivity contribution in [3.63, 3.8) is 0 Å². The van der Waals surface area contributed by atoms with E-state index in [1.165, 1.54) is 6.42 Å². The van der Waals surface area contributed by atoms with Crippen molar-refractivity contribution in [1.82, 2.24) is 0 Å².